The molecule has 0 saturated heterocycles. The Bertz CT molecular complexity index is 819. The van der Waals surface area contributed by atoms with Crippen LogP contribution in [0.2, 0.25) is 0 Å². The van der Waals surface area contributed by atoms with Gasteiger partial charge in [-0.3, -0.25) is 0 Å². The second-order valence-electron chi connectivity index (χ2n) is 4.36. The molecule has 0 unspecified atom stereocenters. The Morgan fingerprint density at radius 3 is 2.50 bits per heavy atom. The summed E-state index contributed by atoms with van der Waals surface area (Å²) in [6.45, 7) is 0. The highest BCUT2D eigenvalue weighted by molar-refractivity contribution is 5.82. The van der Waals surface area contributed by atoms with E-state index in [2.05, 4.69) is 0 Å². The van der Waals surface area contributed by atoms with Gasteiger partial charge >= 0.3 is 5.63 Å². The van der Waals surface area contributed by atoms with E-state index in [0.29, 0.717) is 22.5 Å². The van der Waals surface area contributed by atoms with E-state index in [9.17, 15) is 9.18 Å². The third kappa shape index (κ3) is 2.16. The standard InChI is InChI=1S/C16H11FO3/c1-19-13-6-7-15-11(8-13)9-14(16(18)20-15)10-2-4-12(17)5-3-10/h2-9H,1H3. The SMILES string of the molecule is COc1ccc2oc(=O)c(-c3ccc(F)cc3)cc2c1. The van der Waals surface area contributed by atoms with Crippen LogP contribution in [0.15, 0.2) is 57.7 Å². The zero-order valence-corrected chi connectivity index (χ0v) is 10.7. The molecule has 0 radical (unpaired) electrons. The van der Waals surface area contributed by atoms with E-state index in [1.54, 1.807) is 43.5 Å². The van der Waals surface area contributed by atoms with Crippen molar-refractivity contribution in [1.82, 2.24) is 0 Å². The van der Waals surface area contributed by atoms with E-state index in [4.69, 9.17) is 9.15 Å². The Hall–Kier alpha value is -2.62. The lowest BCUT2D eigenvalue weighted by molar-refractivity contribution is 0.415. The van der Waals surface area contributed by atoms with Crippen molar-refractivity contribution < 1.29 is 13.5 Å². The molecule has 0 aliphatic rings. The smallest absolute Gasteiger partial charge is 0.344 e. The number of hydrogen-bond donors (Lipinski definition) is 0. The zero-order chi connectivity index (χ0) is 14.1. The first-order valence-corrected chi connectivity index (χ1v) is 6.05. The second kappa shape index (κ2) is 4.81. The number of benzene rings is 2. The Morgan fingerprint density at radius 1 is 1.05 bits per heavy atom. The first-order chi connectivity index (χ1) is 9.67. The molecular formula is C16H11FO3. The monoisotopic (exact) mass is 270 g/mol. The summed E-state index contributed by atoms with van der Waals surface area (Å²) in [5.74, 6) is 0.331. The molecule has 1 aromatic heterocycles. The summed E-state index contributed by atoms with van der Waals surface area (Å²) in [5, 5.41) is 0.753. The molecule has 3 nitrogen and oxygen atoms in total. The largest absolute Gasteiger partial charge is 0.497 e. The summed E-state index contributed by atoms with van der Waals surface area (Å²) >= 11 is 0. The van der Waals surface area contributed by atoms with Gasteiger partial charge in [0.2, 0.25) is 0 Å². The van der Waals surface area contributed by atoms with Gasteiger partial charge in [-0.1, -0.05) is 12.1 Å². The topological polar surface area (TPSA) is 39.4 Å². The Kier molecular flexibility index (Phi) is 2.99. The number of methoxy groups -OCH3 is 1. The maximum Gasteiger partial charge on any atom is 0.344 e. The molecule has 20 heavy (non-hydrogen) atoms. The van der Waals surface area contributed by atoms with E-state index >= 15 is 0 Å². The molecule has 2 aromatic carbocycles. The number of halogens is 1. The minimum Gasteiger partial charge on any atom is -0.497 e. The lowest BCUT2D eigenvalue weighted by Gasteiger charge is -2.04. The quantitative estimate of drug-likeness (QED) is 0.668. The third-order valence-corrected chi connectivity index (χ3v) is 3.09. The molecular weight excluding hydrogens is 259 g/mol. The van der Waals surface area contributed by atoms with Gasteiger partial charge < -0.3 is 9.15 Å². The molecule has 0 bridgehead atoms. The van der Waals surface area contributed by atoms with Gasteiger partial charge in [0.1, 0.15) is 17.1 Å². The van der Waals surface area contributed by atoms with Crippen LogP contribution in [0, 0.1) is 5.82 Å². The van der Waals surface area contributed by atoms with Crippen LogP contribution in [0.3, 0.4) is 0 Å². The van der Waals surface area contributed by atoms with Crippen LogP contribution in [0.25, 0.3) is 22.1 Å². The third-order valence-electron chi connectivity index (χ3n) is 3.09. The molecule has 0 saturated carbocycles. The molecule has 100 valence electrons. The van der Waals surface area contributed by atoms with Gasteiger partial charge in [-0.15, -0.1) is 0 Å². The molecule has 0 aliphatic heterocycles. The summed E-state index contributed by atoms with van der Waals surface area (Å²) in [4.78, 5) is 12.0. The molecule has 0 N–H and O–H groups in total. The summed E-state index contributed by atoms with van der Waals surface area (Å²) in [6.07, 6.45) is 0. The van der Waals surface area contributed by atoms with Crippen molar-refractivity contribution in [2.45, 2.75) is 0 Å². The van der Waals surface area contributed by atoms with Gasteiger partial charge in [-0.05, 0) is 42.0 Å². The van der Waals surface area contributed by atoms with Gasteiger partial charge in [0, 0.05) is 5.39 Å². The maximum atomic E-state index is 12.9. The van der Waals surface area contributed by atoms with Gasteiger partial charge in [0.15, 0.2) is 0 Å². The minimum absolute atomic E-state index is 0.347. The van der Waals surface area contributed by atoms with Crippen molar-refractivity contribution in [2.24, 2.45) is 0 Å². The van der Waals surface area contributed by atoms with Gasteiger partial charge in [0.05, 0.1) is 12.7 Å². The van der Waals surface area contributed by atoms with E-state index in [0.717, 1.165) is 5.39 Å². The van der Waals surface area contributed by atoms with Gasteiger partial charge in [-0.25, -0.2) is 9.18 Å². The molecule has 1 heterocycles. The van der Waals surface area contributed by atoms with Crippen molar-refractivity contribution in [3.8, 4) is 16.9 Å². The Morgan fingerprint density at radius 2 is 1.80 bits per heavy atom. The Labute approximate surface area is 114 Å². The van der Waals surface area contributed by atoms with Crippen LogP contribution in [-0.2, 0) is 0 Å². The van der Waals surface area contributed by atoms with Crippen molar-refractivity contribution in [2.75, 3.05) is 7.11 Å². The summed E-state index contributed by atoms with van der Waals surface area (Å²) < 4.78 is 23.4. The number of rotatable bonds is 2. The average molecular weight is 270 g/mol. The molecule has 3 aromatic rings. The van der Waals surface area contributed by atoms with Crippen LogP contribution in [0.4, 0.5) is 4.39 Å². The summed E-state index contributed by atoms with van der Waals surface area (Å²) in [5.41, 5.74) is 1.05. The number of ether oxygens (including phenoxy) is 1. The van der Waals surface area contributed by atoms with Crippen LogP contribution in [0.1, 0.15) is 0 Å². The normalized spacial score (nSPS) is 10.7. The first kappa shape index (κ1) is 12.4. The van der Waals surface area contributed by atoms with E-state index in [1.165, 1.54) is 12.1 Å². The molecule has 0 atom stereocenters. The van der Waals surface area contributed by atoms with Crippen LogP contribution in [-0.4, -0.2) is 7.11 Å². The highest BCUT2D eigenvalue weighted by Crippen LogP contribution is 2.24. The van der Waals surface area contributed by atoms with Gasteiger partial charge in [0.25, 0.3) is 0 Å². The second-order valence-corrected chi connectivity index (χ2v) is 4.36. The number of fused-ring (bicyclic) bond motifs is 1. The summed E-state index contributed by atoms with van der Waals surface area (Å²) in [6, 6.07) is 12.6. The predicted molar refractivity (Wildman–Crippen MR) is 74.4 cm³/mol. The lowest BCUT2D eigenvalue weighted by atomic mass is 10.1. The number of hydrogen-bond acceptors (Lipinski definition) is 3. The van der Waals surface area contributed by atoms with Crippen LogP contribution < -0.4 is 10.4 Å². The molecule has 0 spiro atoms. The highest BCUT2D eigenvalue weighted by atomic mass is 19.1. The minimum atomic E-state index is -0.450. The lowest BCUT2D eigenvalue weighted by Crippen LogP contribution is -2.02. The summed E-state index contributed by atoms with van der Waals surface area (Å²) in [7, 11) is 1.57. The average Bonchev–Trinajstić information content (AvgIpc) is 2.47. The molecule has 0 amide bonds. The predicted octanol–water partition coefficient (Wildman–Crippen LogP) is 3.61. The fourth-order valence-electron chi connectivity index (χ4n) is 2.06. The van der Waals surface area contributed by atoms with Crippen molar-refractivity contribution >= 4 is 11.0 Å². The van der Waals surface area contributed by atoms with Crippen molar-refractivity contribution in [3.63, 3.8) is 0 Å². The molecule has 0 aliphatic carbocycles. The van der Waals surface area contributed by atoms with Gasteiger partial charge in [-0.2, -0.15) is 0 Å². The van der Waals surface area contributed by atoms with E-state index in [-0.39, 0.29) is 5.82 Å². The van der Waals surface area contributed by atoms with Crippen LogP contribution >= 0.6 is 0 Å². The molecule has 0 fully saturated rings. The maximum absolute atomic E-state index is 12.9. The highest BCUT2D eigenvalue weighted by Gasteiger charge is 2.08. The van der Waals surface area contributed by atoms with Crippen LogP contribution in [0.5, 0.6) is 5.75 Å². The molecule has 3 rings (SSSR count). The van der Waals surface area contributed by atoms with Crippen molar-refractivity contribution in [1.29, 1.82) is 0 Å². The van der Waals surface area contributed by atoms with Crippen molar-refractivity contribution in [3.05, 3.63) is 64.8 Å². The van der Waals surface area contributed by atoms with E-state index < -0.39 is 5.63 Å². The van der Waals surface area contributed by atoms with E-state index in [1.807, 2.05) is 0 Å². The fourth-order valence-corrected chi connectivity index (χ4v) is 2.06. The molecule has 4 heteroatoms. The zero-order valence-electron chi connectivity index (χ0n) is 10.7. The first-order valence-electron chi connectivity index (χ1n) is 6.05. The Balaban J connectivity index is 2.22. The fraction of sp³-hybridized carbons (Fsp3) is 0.0625.